The Labute approximate surface area is 170 Å². The molecular weight excluding hydrogens is 374 g/mol. The van der Waals surface area contributed by atoms with Gasteiger partial charge >= 0.3 is 0 Å². The Bertz CT molecular complexity index is 701. The predicted molar refractivity (Wildman–Crippen MR) is 116 cm³/mol. The lowest BCUT2D eigenvalue weighted by Gasteiger charge is -2.34. The number of hydrogen-bond donors (Lipinski definition) is 2. The number of rotatable bonds is 9. The number of nitrogens with zero attached hydrogens (tertiary/aromatic N) is 3. The molecule has 8 heteroatoms. The van der Waals surface area contributed by atoms with E-state index in [1.165, 1.54) is 11.8 Å². The standard InChI is InChI=1S/C20H35N5O2S/c1-18(9-16-28(3,26)27)23-20(21-2)22-10-11-24-12-14-25(15-13-24)17-19-7-5-4-6-8-19/h4-8,18H,9-17H2,1-3H3,(H2,21,22,23). The van der Waals surface area contributed by atoms with Crippen molar-refractivity contribution in [2.45, 2.75) is 25.9 Å². The first-order valence-electron chi connectivity index (χ1n) is 9.99. The van der Waals surface area contributed by atoms with E-state index in [0.29, 0.717) is 6.42 Å². The molecule has 1 aromatic rings. The maximum absolute atomic E-state index is 11.3. The summed E-state index contributed by atoms with van der Waals surface area (Å²) in [5.41, 5.74) is 1.37. The van der Waals surface area contributed by atoms with Crippen molar-refractivity contribution in [2.24, 2.45) is 4.99 Å². The summed E-state index contributed by atoms with van der Waals surface area (Å²) < 4.78 is 22.6. The van der Waals surface area contributed by atoms with Crippen molar-refractivity contribution in [2.75, 3.05) is 58.3 Å². The number of aliphatic imine (C=N–C) groups is 1. The van der Waals surface area contributed by atoms with Gasteiger partial charge in [-0.3, -0.25) is 14.8 Å². The van der Waals surface area contributed by atoms with Crippen LogP contribution in [0.25, 0.3) is 0 Å². The number of guanidine groups is 1. The van der Waals surface area contributed by atoms with Gasteiger partial charge in [0.15, 0.2) is 5.96 Å². The maximum Gasteiger partial charge on any atom is 0.191 e. The van der Waals surface area contributed by atoms with Crippen molar-refractivity contribution in [1.82, 2.24) is 20.4 Å². The van der Waals surface area contributed by atoms with E-state index in [9.17, 15) is 8.42 Å². The molecule has 7 nitrogen and oxygen atoms in total. The van der Waals surface area contributed by atoms with Crippen LogP contribution in [0.2, 0.25) is 0 Å². The Morgan fingerprint density at radius 1 is 1.14 bits per heavy atom. The van der Waals surface area contributed by atoms with Crippen molar-refractivity contribution in [3.63, 3.8) is 0 Å². The van der Waals surface area contributed by atoms with Gasteiger partial charge in [-0.25, -0.2) is 8.42 Å². The van der Waals surface area contributed by atoms with E-state index in [1.807, 2.05) is 6.92 Å². The fourth-order valence-electron chi connectivity index (χ4n) is 3.24. The van der Waals surface area contributed by atoms with Crippen molar-refractivity contribution in [3.05, 3.63) is 35.9 Å². The van der Waals surface area contributed by atoms with Gasteiger partial charge in [0.1, 0.15) is 9.84 Å². The summed E-state index contributed by atoms with van der Waals surface area (Å²) in [6.45, 7) is 9.11. The average molecular weight is 410 g/mol. The van der Waals surface area contributed by atoms with Gasteiger partial charge in [0.2, 0.25) is 0 Å². The van der Waals surface area contributed by atoms with Gasteiger partial charge in [0.05, 0.1) is 5.75 Å². The monoisotopic (exact) mass is 409 g/mol. The summed E-state index contributed by atoms with van der Waals surface area (Å²) in [7, 11) is -1.19. The SMILES string of the molecule is CN=C(NCCN1CCN(Cc2ccccc2)CC1)NC(C)CCS(C)(=O)=O. The van der Waals surface area contributed by atoms with Crippen molar-refractivity contribution in [1.29, 1.82) is 0 Å². The van der Waals surface area contributed by atoms with Crippen LogP contribution in [0, 0.1) is 0 Å². The summed E-state index contributed by atoms with van der Waals surface area (Å²) in [5.74, 6) is 0.912. The molecule has 0 aromatic heterocycles. The fraction of sp³-hybridized carbons (Fsp3) is 0.650. The predicted octanol–water partition coefficient (Wildman–Crippen LogP) is 0.792. The summed E-state index contributed by atoms with van der Waals surface area (Å²) in [6.07, 6.45) is 1.84. The Balaban J connectivity index is 1.62. The largest absolute Gasteiger partial charge is 0.355 e. The topological polar surface area (TPSA) is 77.0 Å². The third-order valence-electron chi connectivity index (χ3n) is 4.96. The normalized spacial score (nSPS) is 18.0. The van der Waals surface area contributed by atoms with Gasteiger partial charge in [-0.1, -0.05) is 30.3 Å². The molecule has 0 amide bonds. The molecular formula is C20H35N5O2S. The molecule has 1 saturated heterocycles. The minimum Gasteiger partial charge on any atom is -0.355 e. The zero-order valence-electron chi connectivity index (χ0n) is 17.4. The third kappa shape index (κ3) is 9.03. The van der Waals surface area contributed by atoms with Crippen LogP contribution >= 0.6 is 0 Å². The number of sulfone groups is 1. The average Bonchev–Trinajstić information content (AvgIpc) is 2.67. The van der Waals surface area contributed by atoms with Gasteiger partial charge in [-0.2, -0.15) is 0 Å². The second-order valence-electron chi connectivity index (χ2n) is 7.57. The van der Waals surface area contributed by atoms with Gasteiger partial charge in [-0.15, -0.1) is 0 Å². The molecule has 1 aromatic carbocycles. The van der Waals surface area contributed by atoms with Crippen LogP contribution in [0.3, 0.4) is 0 Å². The third-order valence-corrected chi connectivity index (χ3v) is 5.94. The van der Waals surface area contributed by atoms with Gasteiger partial charge in [-0.05, 0) is 18.9 Å². The maximum atomic E-state index is 11.3. The summed E-state index contributed by atoms with van der Waals surface area (Å²) in [6, 6.07) is 10.7. The summed E-state index contributed by atoms with van der Waals surface area (Å²) in [4.78, 5) is 9.20. The van der Waals surface area contributed by atoms with Crippen molar-refractivity contribution in [3.8, 4) is 0 Å². The number of hydrogen-bond acceptors (Lipinski definition) is 5. The first kappa shape index (κ1) is 22.6. The molecule has 0 bridgehead atoms. The molecule has 158 valence electrons. The Morgan fingerprint density at radius 2 is 1.79 bits per heavy atom. The molecule has 1 unspecified atom stereocenters. The molecule has 2 rings (SSSR count). The number of piperazine rings is 1. The van der Waals surface area contributed by atoms with Crippen LogP contribution in [-0.2, 0) is 16.4 Å². The molecule has 1 heterocycles. The zero-order chi connectivity index (χ0) is 20.4. The quantitative estimate of drug-likeness (QED) is 0.464. The Morgan fingerprint density at radius 3 is 2.39 bits per heavy atom. The first-order valence-corrected chi connectivity index (χ1v) is 12.1. The Kier molecular flexibility index (Phi) is 9.21. The highest BCUT2D eigenvalue weighted by Gasteiger charge is 2.16. The van der Waals surface area contributed by atoms with Crippen LogP contribution in [0.4, 0.5) is 0 Å². The van der Waals surface area contributed by atoms with E-state index in [2.05, 4.69) is 55.8 Å². The second kappa shape index (κ2) is 11.4. The molecule has 2 N–H and O–H groups in total. The summed E-state index contributed by atoms with van der Waals surface area (Å²) in [5, 5.41) is 6.59. The highest BCUT2D eigenvalue weighted by molar-refractivity contribution is 7.90. The molecule has 1 atom stereocenters. The van der Waals surface area contributed by atoms with Crippen LogP contribution in [-0.4, -0.2) is 88.5 Å². The highest BCUT2D eigenvalue weighted by Crippen LogP contribution is 2.08. The molecule has 0 aliphatic carbocycles. The smallest absolute Gasteiger partial charge is 0.191 e. The fourth-order valence-corrected chi connectivity index (χ4v) is 4.02. The molecule has 0 saturated carbocycles. The van der Waals surface area contributed by atoms with Crippen LogP contribution in [0.15, 0.2) is 35.3 Å². The van der Waals surface area contributed by atoms with Crippen LogP contribution in [0.1, 0.15) is 18.9 Å². The van der Waals surface area contributed by atoms with Gasteiger partial charge < -0.3 is 10.6 Å². The summed E-state index contributed by atoms with van der Waals surface area (Å²) >= 11 is 0. The van der Waals surface area contributed by atoms with E-state index in [1.54, 1.807) is 7.05 Å². The van der Waals surface area contributed by atoms with Crippen LogP contribution in [0.5, 0.6) is 0 Å². The van der Waals surface area contributed by atoms with Crippen LogP contribution < -0.4 is 10.6 Å². The van der Waals surface area contributed by atoms with E-state index in [-0.39, 0.29) is 11.8 Å². The molecule has 1 aliphatic rings. The zero-order valence-corrected chi connectivity index (χ0v) is 18.2. The number of nitrogens with one attached hydrogen (secondary N) is 2. The molecule has 1 aliphatic heterocycles. The second-order valence-corrected chi connectivity index (χ2v) is 9.83. The molecule has 0 spiro atoms. The van der Waals surface area contributed by atoms with E-state index < -0.39 is 9.84 Å². The molecule has 0 radical (unpaired) electrons. The molecule has 1 fully saturated rings. The highest BCUT2D eigenvalue weighted by atomic mass is 32.2. The van der Waals surface area contributed by atoms with E-state index >= 15 is 0 Å². The van der Waals surface area contributed by atoms with Gasteiger partial charge in [0.25, 0.3) is 0 Å². The van der Waals surface area contributed by atoms with Crippen molar-refractivity contribution >= 4 is 15.8 Å². The lowest BCUT2D eigenvalue weighted by Crippen LogP contribution is -2.49. The number of benzene rings is 1. The van der Waals surface area contributed by atoms with E-state index in [0.717, 1.165) is 51.8 Å². The Hall–Kier alpha value is -1.64. The first-order chi connectivity index (χ1) is 13.4. The molecule has 28 heavy (non-hydrogen) atoms. The lowest BCUT2D eigenvalue weighted by atomic mass is 10.2. The lowest BCUT2D eigenvalue weighted by molar-refractivity contribution is 0.129. The van der Waals surface area contributed by atoms with Gasteiger partial charge in [0, 0.05) is 65.2 Å². The van der Waals surface area contributed by atoms with E-state index in [4.69, 9.17) is 0 Å². The minimum absolute atomic E-state index is 0.0578. The van der Waals surface area contributed by atoms with Crippen molar-refractivity contribution < 1.29 is 8.42 Å². The minimum atomic E-state index is -2.93.